The molecular weight excluding hydrogens is 636 g/mol. The van der Waals surface area contributed by atoms with Crippen molar-refractivity contribution in [3.63, 3.8) is 0 Å². The largest absolute Gasteiger partial charge is 0.501 e. The first-order valence-corrected chi connectivity index (χ1v) is 14.3. The SMILES string of the molecule is Cc1[nH]n(-c2ccc(S(=O)(=O)CCOSOOO)cc2S(=O)(=O)O)c(=O)c1N=Nc1cc([N+](=O)[O-])cc([N+](=O)[O-])c1O. The third-order valence-corrected chi connectivity index (χ3v) is 8.05. The minimum absolute atomic E-state index is 0.0927. The third kappa shape index (κ3) is 7.12. The molecule has 0 aliphatic carbocycles. The number of sulfone groups is 1. The molecule has 0 aliphatic rings. The topological polar surface area (TPSA) is 305 Å². The first kappa shape index (κ1) is 32.2. The van der Waals surface area contributed by atoms with Gasteiger partial charge < -0.3 is 5.11 Å². The maximum absolute atomic E-state index is 13.1. The summed E-state index contributed by atoms with van der Waals surface area (Å²) in [7, 11) is -9.39. The average molecular weight is 653 g/mol. The lowest BCUT2D eigenvalue weighted by molar-refractivity contribution is -0.434. The molecule has 0 bridgehead atoms. The molecule has 0 saturated heterocycles. The molecule has 0 atom stereocenters. The minimum Gasteiger partial charge on any atom is -0.501 e. The molecule has 1 heterocycles. The van der Waals surface area contributed by atoms with Crippen LogP contribution in [0.2, 0.25) is 0 Å². The summed E-state index contributed by atoms with van der Waals surface area (Å²) in [6.45, 7) is 0.754. The Kier molecular flexibility index (Phi) is 9.74. The van der Waals surface area contributed by atoms with Gasteiger partial charge in [-0.15, -0.1) is 14.6 Å². The van der Waals surface area contributed by atoms with Gasteiger partial charge in [0.25, 0.3) is 21.4 Å². The Balaban J connectivity index is 2.06. The summed E-state index contributed by atoms with van der Waals surface area (Å²) < 4.78 is 68.4. The molecular formula is C18H16N6O15S3. The van der Waals surface area contributed by atoms with Crippen molar-refractivity contribution in [1.82, 2.24) is 9.78 Å². The van der Waals surface area contributed by atoms with Crippen LogP contribution in [-0.4, -0.2) is 63.7 Å². The second kappa shape index (κ2) is 12.7. The normalized spacial score (nSPS) is 12.2. The molecule has 21 nitrogen and oxygen atoms in total. The van der Waals surface area contributed by atoms with Crippen molar-refractivity contribution in [2.75, 3.05) is 12.4 Å². The maximum Gasteiger partial charge on any atom is 0.319 e. The highest BCUT2D eigenvalue weighted by Gasteiger charge is 2.26. The Hall–Kier alpha value is -4.30. The molecule has 0 spiro atoms. The van der Waals surface area contributed by atoms with Crippen LogP contribution in [-0.2, 0) is 33.5 Å². The van der Waals surface area contributed by atoms with Gasteiger partial charge in [0, 0.05) is 6.07 Å². The van der Waals surface area contributed by atoms with Crippen LogP contribution < -0.4 is 5.56 Å². The highest BCUT2D eigenvalue weighted by atomic mass is 32.2. The molecule has 1 aromatic heterocycles. The molecule has 226 valence electrons. The fourth-order valence-corrected chi connectivity index (χ4v) is 5.45. The number of hydrogen-bond donors (Lipinski definition) is 4. The minimum atomic E-state index is -5.16. The van der Waals surface area contributed by atoms with Crippen molar-refractivity contribution in [2.45, 2.75) is 16.7 Å². The number of aromatic nitrogens is 2. The van der Waals surface area contributed by atoms with Crippen molar-refractivity contribution in [1.29, 1.82) is 0 Å². The number of aromatic amines is 1. The number of H-pyrrole nitrogens is 1. The Morgan fingerprint density at radius 3 is 2.38 bits per heavy atom. The standard InChI is InChI=1S/C18H16N6O15S3/c1-9-16(20-19-12-6-10(23(27)28)7-14(17(12)25)24(29)30)18(26)22(21-9)13-3-2-11(8-15(13)42(34,35)36)41(32,33)5-4-37-40-39-38-31/h2-3,6-8,21,25,31H,4-5H2,1H3,(H,34,35,36). The number of phenolic OH excluding ortho intramolecular Hbond substituents is 1. The van der Waals surface area contributed by atoms with Crippen molar-refractivity contribution < 1.29 is 55.2 Å². The average Bonchev–Trinajstić information content (AvgIpc) is 3.19. The van der Waals surface area contributed by atoms with Crippen LogP contribution in [0.4, 0.5) is 22.7 Å². The number of aromatic hydroxyl groups is 1. The lowest BCUT2D eigenvalue weighted by Crippen LogP contribution is -2.19. The van der Waals surface area contributed by atoms with Crippen molar-refractivity contribution in [3.05, 3.63) is 66.6 Å². The summed E-state index contributed by atoms with van der Waals surface area (Å²) in [6.07, 6.45) is 0. The first-order valence-electron chi connectivity index (χ1n) is 10.6. The van der Waals surface area contributed by atoms with Crippen LogP contribution in [0.5, 0.6) is 5.75 Å². The van der Waals surface area contributed by atoms with Crippen LogP contribution in [0.25, 0.3) is 5.69 Å². The Labute approximate surface area is 237 Å². The smallest absolute Gasteiger partial charge is 0.319 e. The van der Waals surface area contributed by atoms with E-state index in [1.165, 1.54) is 6.92 Å². The zero-order chi connectivity index (χ0) is 31.4. The van der Waals surface area contributed by atoms with Gasteiger partial charge in [-0.2, -0.15) is 8.42 Å². The molecule has 3 aromatic rings. The third-order valence-electron chi connectivity index (χ3n) is 5.11. The number of benzene rings is 2. The number of nitrogens with zero attached hydrogens (tertiary/aromatic N) is 5. The first-order chi connectivity index (χ1) is 19.6. The number of rotatable bonds is 13. The second-order valence-corrected chi connectivity index (χ2v) is 11.7. The number of azo groups is 1. The molecule has 3 rings (SSSR count). The molecule has 4 N–H and O–H groups in total. The number of aryl methyl sites for hydroxylation is 1. The molecule has 0 fully saturated rings. The van der Waals surface area contributed by atoms with Gasteiger partial charge in [0.2, 0.25) is 5.75 Å². The summed E-state index contributed by atoms with van der Waals surface area (Å²) in [5, 5.41) is 53.1. The lowest BCUT2D eigenvalue weighted by atomic mass is 10.2. The number of nitro benzene ring substituents is 2. The summed E-state index contributed by atoms with van der Waals surface area (Å²) >= 11 is 0.104. The molecule has 42 heavy (non-hydrogen) atoms. The van der Waals surface area contributed by atoms with Gasteiger partial charge in [-0.05, 0) is 25.1 Å². The fraction of sp³-hybridized carbons (Fsp3) is 0.167. The van der Waals surface area contributed by atoms with Crippen LogP contribution in [0.1, 0.15) is 5.69 Å². The van der Waals surface area contributed by atoms with Gasteiger partial charge in [-0.3, -0.25) is 38.9 Å². The van der Waals surface area contributed by atoms with Gasteiger partial charge in [0.05, 0.1) is 44.5 Å². The number of non-ortho nitro benzene ring substituents is 1. The van der Waals surface area contributed by atoms with Gasteiger partial charge in [-0.25, -0.2) is 18.4 Å². The van der Waals surface area contributed by atoms with E-state index in [1.54, 1.807) is 0 Å². The van der Waals surface area contributed by atoms with E-state index in [9.17, 15) is 51.5 Å². The van der Waals surface area contributed by atoms with E-state index in [0.29, 0.717) is 22.9 Å². The summed E-state index contributed by atoms with van der Waals surface area (Å²) in [6, 6.07) is 3.51. The zero-order valence-electron chi connectivity index (χ0n) is 20.5. The Morgan fingerprint density at radius 1 is 1.10 bits per heavy atom. The highest BCUT2D eigenvalue weighted by Crippen LogP contribution is 2.40. The highest BCUT2D eigenvalue weighted by molar-refractivity contribution is 7.91. The van der Waals surface area contributed by atoms with E-state index in [0.717, 1.165) is 12.1 Å². The molecule has 0 unspecified atom stereocenters. The zero-order valence-corrected chi connectivity index (χ0v) is 23.0. The fourth-order valence-electron chi connectivity index (χ4n) is 3.25. The second-order valence-electron chi connectivity index (χ2n) is 7.73. The van der Waals surface area contributed by atoms with Crippen LogP contribution in [0.15, 0.2) is 55.1 Å². The van der Waals surface area contributed by atoms with Crippen molar-refractivity contribution in [3.8, 4) is 11.4 Å². The Bertz CT molecular complexity index is 1850. The number of hydrogen-bond acceptors (Lipinski definition) is 17. The molecule has 24 heteroatoms. The van der Waals surface area contributed by atoms with E-state index in [-0.39, 0.29) is 18.0 Å². The van der Waals surface area contributed by atoms with Crippen molar-refractivity contribution >= 4 is 55.0 Å². The molecule has 0 radical (unpaired) electrons. The van der Waals surface area contributed by atoms with Gasteiger partial charge in [-0.1, -0.05) is 5.04 Å². The molecule has 2 aromatic carbocycles. The molecule has 0 saturated carbocycles. The van der Waals surface area contributed by atoms with E-state index in [2.05, 4.69) is 28.9 Å². The summed E-state index contributed by atoms with van der Waals surface area (Å²) in [5.74, 6) is -1.81. The van der Waals surface area contributed by atoms with Gasteiger partial charge in [0.1, 0.15) is 10.6 Å². The van der Waals surface area contributed by atoms with Gasteiger partial charge in [0.15, 0.2) is 27.8 Å². The number of nitro groups is 2. The quantitative estimate of drug-likeness (QED) is 0.0392. The van der Waals surface area contributed by atoms with Gasteiger partial charge >= 0.3 is 5.69 Å². The number of phenols is 1. The summed E-state index contributed by atoms with van der Waals surface area (Å²) in [4.78, 5) is 31.6. The predicted molar refractivity (Wildman–Crippen MR) is 137 cm³/mol. The van der Waals surface area contributed by atoms with Crippen LogP contribution in [0, 0.1) is 27.2 Å². The van der Waals surface area contributed by atoms with Crippen LogP contribution in [0.3, 0.4) is 0 Å². The van der Waals surface area contributed by atoms with E-state index >= 15 is 0 Å². The van der Waals surface area contributed by atoms with Crippen LogP contribution >= 0.6 is 12.3 Å². The van der Waals surface area contributed by atoms with E-state index in [1.807, 2.05) is 0 Å². The van der Waals surface area contributed by atoms with E-state index < -0.39 is 91.7 Å². The number of nitrogens with one attached hydrogen (secondary N) is 1. The van der Waals surface area contributed by atoms with Crippen molar-refractivity contribution in [2.24, 2.45) is 10.2 Å². The molecule has 0 aliphatic heterocycles. The predicted octanol–water partition coefficient (Wildman–Crippen LogP) is 2.43. The lowest BCUT2D eigenvalue weighted by Gasteiger charge is -2.10. The molecule has 0 amide bonds. The summed E-state index contributed by atoms with van der Waals surface area (Å²) in [5.41, 5.74) is -4.94. The maximum atomic E-state index is 13.1. The monoisotopic (exact) mass is 652 g/mol. The van der Waals surface area contributed by atoms with E-state index in [4.69, 9.17) is 5.26 Å². The Morgan fingerprint density at radius 2 is 1.79 bits per heavy atom.